The van der Waals surface area contributed by atoms with Gasteiger partial charge in [-0.3, -0.25) is 0 Å². The molecule has 0 aromatic heterocycles. The third-order valence-electron chi connectivity index (χ3n) is 4.43. The lowest BCUT2D eigenvalue weighted by Gasteiger charge is -2.23. The Hall–Kier alpha value is -2.58. The van der Waals surface area contributed by atoms with E-state index in [1.54, 1.807) is 38.1 Å². The molecule has 0 spiro atoms. The number of hydrogen-bond donors (Lipinski definition) is 2. The van der Waals surface area contributed by atoms with E-state index in [1.165, 1.54) is 16.4 Å². The summed E-state index contributed by atoms with van der Waals surface area (Å²) in [4.78, 5) is 11.5. The Morgan fingerprint density at radius 1 is 1.10 bits per heavy atom. The van der Waals surface area contributed by atoms with Crippen molar-refractivity contribution in [1.29, 1.82) is 0 Å². The molecule has 2 rings (SSSR count). The van der Waals surface area contributed by atoms with Gasteiger partial charge >= 0.3 is 5.97 Å². The molecule has 0 aliphatic rings. The van der Waals surface area contributed by atoms with Crippen molar-refractivity contribution in [3.63, 3.8) is 0 Å². The second-order valence-corrected chi connectivity index (χ2v) is 8.35. The predicted molar refractivity (Wildman–Crippen MR) is 113 cm³/mol. The quantitative estimate of drug-likeness (QED) is 0.523. The Labute approximate surface area is 172 Å². The lowest BCUT2D eigenvalue weighted by atomic mass is 10.1. The zero-order valence-electron chi connectivity index (χ0n) is 17.0. The van der Waals surface area contributed by atoms with Crippen LogP contribution in [-0.2, 0) is 10.0 Å². The number of rotatable bonds is 11. The molecule has 0 amide bonds. The molecular formula is C21H28N2O5S. The number of carboxylic acids is 1. The smallest absolute Gasteiger partial charge is 0.335 e. The van der Waals surface area contributed by atoms with E-state index >= 15 is 0 Å². The monoisotopic (exact) mass is 420 g/mol. The van der Waals surface area contributed by atoms with Gasteiger partial charge in [0.2, 0.25) is 10.0 Å². The first kappa shape index (κ1) is 22.7. The maximum atomic E-state index is 13.3. The van der Waals surface area contributed by atoms with Crippen molar-refractivity contribution >= 4 is 21.7 Å². The normalized spacial score (nSPS) is 11.4. The fourth-order valence-corrected chi connectivity index (χ4v) is 4.48. The highest BCUT2D eigenvalue weighted by molar-refractivity contribution is 7.89. The number of benzene rings is 2. The molecule has 0 saturated carbocycles. The zero-order chi connectivity index (χ0) is 21.4. The second-order valence-electron chi connectivity index (χ2n) is 6.44. The molecule has 0 atom stereocenters. The number of ether oxygens (including phenoxy) is 1. The maximum absolute atomic E-state index is 13.3. The first-order valence-electron chi connectivity index (χ1n) is 9.73. The van der Waals surface area contributed by atoms with Gasteiger partial charge in [0.25, 0.3) is 0 Å². The number of sulfonamides is 1. The summed E-state index contributed by atoms with van der Waals surface area (Å²) in [6, 6.07) is 11.4. The number of para-hydroxylation sites is 1. The topological polar surface area (TPSA) is 95.9 Å². The van der Waals surface area contributed by atoms with E-state index < -0.39 is 16.0 Å². The van der Waals surface area contributed by atoms with Crippen LogP contribution in [0.2, 0.25) is 0 Å². The van der Waals surface area contributed by atoms with Crippen LogP contribution in [0.5, 0.6) is 11.5 Å². The van der Waals surface area contributed by atoms with E-state index in [0.29, 0.717) is 18.0 Å². The van der Waals surface area contributed by atoms with Crippen LogP contribution in [0, 0.1) is 0 Å². The summed E-state index contributed by atoms with van der Waals surface area (Å²) < 4.78 is 33.8. The minimum Gasteiger partial charge on any atom is -0.478 e. The van der Waals surface area contributed by atoms with Crippen molar-refractivity contribution in [3.05, 3.63) is 48.0 Å². The predicted octanol–water partition coefficient (Wildman–Crippen LogP) is 4.42. The highest BCUT2D eigenvalue weighted by Gasteiger charge is 2.29. The third kappa shape index (κ3) is 5.48. The number of carboxylic acid groups (broad SMARTS) is 1. The fraction of sp³-hybridized carbons (Fsp3) is 0.381. The Morgan fingerprint density at radius 2 is 1.76 bits per heavy atom. The summed E-state index contributed by atoms with van der Waals surface area (Å²) in [7, 11) is -3.96. The molecule has 0 bridgehead atoms. The van der Waals surface area contributed by atoms with Gasteiger partial charge in [-0.15, -0.1) is 0 Å². The van der Waals surface area contributed by atoms with Crippen LogP contribution in [0.25, 0.3) is 0 Å². The van der Waals surface area contributed by atoms with Gasteiger partial charge < -0.3 is 15.2 Å². The van der Waals surface area contributed by atoms with Gasteiger partial charge in [0.05, 0.1) is 11.3 Å². The molecule has 2 N–H and O–H groups in total. The van der Waals surface area contributed by atoms with Gasteiger partial charge in [0.15, 0.2) is 5.75 Å². The highest BCUT2D eigenvalue weighted by Crippen LogP contribution is 2.39. The molecule has 0 aliphatic carbocycles. The Kier molecular flexibility index (Phi) is 8.04. The molecule has 0 unspecified atom stereocenters. The number of aromatic carboxylic acids is 1. The SMILES string of the molecule is CCCCNc1cc(C(=O)O)cc(S(=O)(=O)N(CC)CC)c1Oc1ccccc1. The van der Waals surface area contributed by atoms with Crippen LogP contribution in [0.4, 0.5) is 5.69 Å². The molecule has 2 aromatic carbocycles. The van der Waals surface area contributed by atoms with Crippen LogP contribution in [0.1, 0.15) is 44.0 Å². The molecule has 0 fully saturated rings. The van der Waals surface area contributed by atoms with Crippen molar-refractivity contribution in [3.8, 4) is 11.5 Å². The molecular weight excluding hydrogens is 392 g/mol. The van der Waals surface area contributed by atoms with E-state index in [9.17, 15) is 18.3 Å². The number of hydrogen-bond acceptors (Lipinski definition) is 5. The largest absolute Gasteiger partial charge is 0.478 e. The molecule has 2 aromatic rings. The Balaban J connectivity index is 2.70. The second kappa shape index (κ2) is 10.3. The molecule has 29 heavy (non-hydrogen) atoms. The van der Waals surface area contributed by atoms with Gasteiger partial charge in [-0.1, -0.05) is 45.4 Å². The first-order valence-corrected chi connectivity index (χ1v) is 11.2. The molecule has 0 radical (unpaired) electrons. The third-order valence-corrected chi connectivity index (χ3v) is 6.49. The summed E-state index contributed by atoms with van der Waals surface area (Å²) in [6.45, 7) is 6.60. The lowest BCUT2D eigenvalue weighted by molar-refractivity contribution is 0.0696. The summed E-state index contributed by atoms with van der Waals surface area (Å²) >= 11 is 0. The van der Waals surface area contributed by atoms with E-state index in [0.717, 1.165) is 12.8 Å². The number of nitrogens with one attached hydrogen (secondary N) is 1. The Bertz CT molecular complexity index is 926. The lowest BCUT2D eigenvalue weighted by Crippen LogP contribution is -2.31. The zero-order valence-corrected chi connectivity index (χ0v) is 17.8. The fourth-order valence-electron chi connectivity index (χ4n) is 2.86. The summed E-state index contributed by atoms with van der Waals surface area (Å²) in [5.41, 5.74) is 0.225. The van der Waals surface area contributed by atoms with Crippen LogP contribution in [-0.4, -0.2) is 43.4 Å². The number of nitrogens with zero attached hydrogens (tertiary/aromatic N) is 1. The molecule has 8 heteroatoms. The summed E-state index contributed by atoms with van der Waals surface area (Å²) in [6.07, 6.45) is 1.78. The van der Waals surface area contributed by atoms with Crippen molar-refractivity contribution in [1.82, 2.24) is 4.31 Å². The minimum atomic E-state index is -3.96. The molecule has 0 heterocycles. The average Bonchev–Trinajstić information content (AvgIpc) is 2.70. The van der Waals surface area contributed by atoms with E-state index in [4.69, 9.17) is 4.74 Å². The van der Waals surface area contributed by atoms with Crippen molar-refractivity contribution < 1.29 is 23.1 Å². The van der Waals surface area contributed by atoms with Gasteiger partial charge in [-0.25, -0.2) is 13.2 Å². The molecule has 7 nitrogen and oxygen atoms in total. The van der Waals surface area contributed by atoms with E-state index in [-0.39, 0.29) is 29.3 Å². The molecule has 0 saturated heterocycles. The van der Waals surface area contributed by atoms with E-state index in [1.807, 2.05) is 13.0 Å². The first-order chi connectivity index (χ1) is 13.8. The van der Waals surface area contributed by atoms with Crippen LogP contribution < -0.4 is 10.1 Å². The van der Waals surface area contributed by atoms with Gasteiger partial charge in [-0.2, -0.15) is 4.31 Å². The van der Waals surface area contributed by atoms with Gasteiger partial charge in [0.1, 0.15) is 10.6 Å². The molecule has 158 valence electrons. The average molecular weight is 421 g/mol. The maximum Gasteiger partial charge on any atom is 0.335 e. The van der Waals surface area contributed by atoms with E-state index in [2.05, 4.69) is 5.32 Å². The van der Waals surface area contributed by atoms with Gasteiger partial charge in [-0.05, 0) is 30.7 Å². The summed E-state index contributed by atoms with van der Waals surface area (Å²) in [5.74, 6) is -0.639. The molecule has 0 aliphatic heterocycles. The van der Waals surface area contributed by atoms with Crippen LogP contribution in [0.3, 0.4) is 0 Å². The van der Waals surface area contributed by atoms with Crippen LogP contribution >= 0.6 is 0 Å². The summed E-state index contributed by atoms with van der Waals surface area (Å²) in [5, 5.41) is 12.7. The number of carbonyl (C=O) groups is 1. The van der Waals surface area contributed by atoms with Crippen molar-refractivity contribution in [2.45, 2.75) is 38.5 Å². The Morgan fingerprint density at radius 3 is 2.31 bits per heavy atom. The van der Waals surface area contributed by atoms with Crippen molar-refractivity contribution in [2.75, 3.05) is 25.0 Å². The number of anilines is 1. The standard InChI is InChI=1S/C21H28N2O5S/c1-4-7-13-22-18-14-16(21(24)25)15-19(29(26,27)23(5-2)6-3)20(18)28-17-11-9-8-10-12-17/h8-12,14-15,22H,4-7,13H2,1-3H3,(H,24,25). The van der Waals surface area contributed by atoms with Crippen molar-refractivity contribution in [2.24, 2.45) is 0 Å². The van der Waals surface area contributed by atoms with Gasteiger partial charge in [0, 0.05) is 19.6 Å². The minimum absolute atomic E-state index is 0.101. The van der Waals surface area contributed by atoms with Crippen LogP contribution in [0.15, 0.2) is 47.4 Å². The highest BCUT2D eigenvalue weighted by atomic mass is 32.2. The number of unbranched alkanes of at least 4 members (excludes halogenated alkanes) is 1.